The number of hydrogen-bond acceptors (Lipinski definition) is 5. The Morgan fingerprint density at radius 1 is 1.59 bits per heavy atom. The van der Waals surface area contributed by atoms with Crippen molar-refractivity contribution >= 4 is 17.3 Å². The normalized spacial score (nSPS) is 18.7. The standard InChI is InChI=1S/C10H13N5O2/c1-15-4-9(17)5-2-6(13-14-10(11)12)8(16)3-7(5)15/h2-3,9,16-17H,4H2,1H3,(H3,11,12)/t9-/m1/s1. The Balaban J connectivity index is 2.44. The van der Waals surface area contributed by atoms with Gasteiger partial charge in [-0.15, -0.1) is 10.2 Å². The maximum absolute atomic E-state index is 9.78. The van der Waals surface area contributed by atoms with Gasteiger partial charge in [0.25, 0.3) is 0 Å². The predicted octanol–water partition coefficient (Wildman–Crippen LogP) is 0.853. The summed E-state index contributed by atoms with van der Waals surface area (Å²) in [5, 5.41) is 33.4. The molecule has 1 heterocycles. The van der Waals surface area contributed by atoms with Crippen molar-refractivity contribution in [2.45, 2.75) is 6.10 Å². The summed E-state index contributed by atoms with van der Waals surface area (Å²) in [6.45, 7) is 0.474. The van der Waals surface area contributed by atoms with Crippen LogP contribution in [0.4, 0.5) is 11.4 Å². The summed E-state index contributed by atoms with van der Waals surface area (Å²) >= 11 is 0. The van der Waals surface area contributed by atoms with Crippen LogP contribution in [-0.4, -0.2) is 29.8 Å². The molecular formula is C10H13N5O2. The molecule has 1 aromatic rings. The Kier molecular flexibility index (Phi) is 2.68. The number of benzene rings is 1. The highest BCUT2D eigenvalue weighted by Crippen LogP contribution is 2.41. The van der Waals surface area contributed by atoms with E-state index in [9.17, 15) is 10.2 Å². The van der Waals surface area contributed by atoms with E-state index in [-0.39, 0.29) is 11.4 Å². The molecule has 7 nitrogen and oxygen atoms in total. The fourth-order valence-electron chi connectivity index (χ4n) is 1.82. The molecule has 1 atom stereocenters. The lowest BCUT2D eigenvalue weighted by atomic mass is 10.1. The lowest BCUT2D eigenvalue weighted by Crippen LogP contribution is -2.14. The topological polar surface area (TPSA) is 118 Å². The molecule has 7 heteroatoms. The number of nitrogens with two attached hydrogens (primary N) is 1. The number of fused-ring (bicyclic) bond motifs is 1. The van der Waals surface area contributed by atoms with Crippen LogP contribution in [0.2, 0.25) is 0 Å². The fraction of sp³-hybridized carbons (Fsp3) is 0.300. The van der Waals surface area contributed by atoms with Crippen molar-refractivity contribution in [1.82, 2.24) is 0 Å². The quantitative estimate of drug-likeness (QED) is 0.328. The van der Waals surface area contributed by atoms with E-state index in [4.69, 9.17) is 11.1 Å². The van der Waals surface area contributed by atoms with Gasteiger partial charge >= 0.3 is 0 Å². The number of anilines is 1. The summed E-state index contributed by atoms with van der Waals surface area (Å²) in [6, 6.07) is 3.06. The molecule has 0 radical (unpaired) electrons. The molecule has 0 fully saturated rings. The van der Waals surface area contributed by atoms with E-state index in [1.165, 1.54) is 6.07 Å². The number of hydrogen-bond donors (Lipinski definition) is 4. The number of phenolic OH excluding ortho intramolecular Hbond substituents is 1. The van der Waals surface area contributed by atoms with Crippen LogP contribution in [-0.2, 0) is 0 Å². The number of aliphatic hydroxyl groups is 1. The number of rotatable bonds is 1. The monoisotopic (exact) mass is 235 g/mol. The first kappa shape index (κ1) is 11.3. The average Bonchev–Trinajstić information content (AvgIpc) is 2.51. The summed E-state index contributed by atoms with van der Waals surface area (Å²) in [6.07, 6.45) is -0.609. The third kappa shape index (κ3) is 2.04. The number of nitrogens with one attached hydrogen (secondary N) is 1. The van der Waals surface area contributed by atoms with Crippen LogP contribution in [0.3, 0.4) is 0 Å². The van der Waals surface area contributed by atoms with Crippen LogP contribution < -0.4 is 10.6 Å². The summed E-state index contributed by atoms with van der Waals surface area (Å²) in [5.41, 5.74) is 6.67. The lowest BCUT2D eigenvalue weighted by molar-refractivity contribution is 0.195. The van der Waals surface area contributed by atoms with Gasteiger partial charge in [0.2, 0.25) is 5.96 Å². The first-order valence-electron chi connectivity index (χ1n) is 5.01. The zero-order chi connectivity index (χ0) is 12.6. The number of nitrogens with zero attached hydrogens (tertiary/aromatic N) is 3. The molecule has 1 aliphatic rings. The molecule has 0 aliphatic carbocycles. The maximum atomic E-state index is 9.78. The van der Waals surface area contributed by atoms with Gasteiger partial charge in [-0.25, -0.2) is 0 Å². The van der Waals surface area contributed by atoms with E-state index >= 15 is 0 Å². The minimum Gasteiger partial charge on any atom is -0.506 e. The molecule has 0 bridgehead atoms. The van der Waals surface area contributed by atoms with Crippen molar-refractivity contribution in [3.8, 4) is 5.75 Å². The van der Waals surface area contributed by atoms with E-state index in [2.05, 4.69) is 10.2 Å². The second-order valence-corrected chi connectivity index (χ2v) is 3.88. The molecule has 0 saturated heterocycles. The van der Waals surface area contributed by atoms with E-state index in [1.807, 2.05) is 11.9 Å². The zero-order valence-corrected chi connectivity index (χ0v) is 9.25. The number of azo groups is 1. The van der Waals surface area contributed by atoms with Crippen LogP contribution in [0, 0.1) is 5.41 Å². The lowest BCUT2D eigenvalue weighted by Gasteiger charge is -2.11. The molecule has 0 spiro atoms. The Morgan fingerprint density at radius 3 is 2.94 bits per heavy atom. The third-order valence-electron chi connectivity index (χ3n) is 2.61. The van der Waals surface area contributed by atoms with Crippen molar-refractivity contribution < 1.29 is 10.2 Å². The van der Waals surface area contributed by atoms with Crippen LogP contribution in [0.5, 0.6) is 5.75 Å². The van der Waals surface area contributed by atoms with Crippen molar-refractivity contribution in [3.05, 3.63) is 17.7 Å². The smallest absolute Gasteiger partial charge is 0.232 e. The minimum atomic E-state index is -0.609. The van der Waals surface area contributed by atoms with Gasteiger partial charge in [0.1, 0.15) is 11.4 Å². The fourth-order valence-corrected chi connectivity index (χ4v) is 1.82. The van der Waals surface area contributed by atoms with Crippen LogP contribution in [0.1, 0.15) is 11.7 Å². The Labute approximate surface area is 97.7 Å². The first-order chi connectivity index (χ1) is 7.99. The predicted molar refractivity (Wildman–Crippen MR) is 62.8 cm³/mol. The van der Waals surface area contributed by atoms with Crippen molar-refractivity contribution in [2.24, 2.45) is 16.0 Å². The van der Waals surface area contributed by atoms with Gasteiger partial charge in [-0.3, -0.25) is 5.41 Å². The molecule has 1 aliphatic heterocycles. The maximum Gasteiger partial charge on any atom is 0.232 e. The summed E-state index contributed by atoms with van der Waals surface area (Å²) in [7, 11) is 1.82. The Morgan fingerprint density at radius 2 is 2.29 bits per heavy atom. The second kappa shape index (κ2) is 4.02. The average molecular weight is 235 g/mol. The Bertz CT molecular complexity index is 500. The molecule has 2 rings (SSSR count). The van der Waals surface area contributed by atoms with Gasteiger partial charge in [0, 0.05) is 30.9 Å². The van der Waals surface area contributed by atoms with Crippen LogP contribution >= 0.6 is 0 Å². The summed E-state index contributed by atoms with van der Waals surface area (Å²) in [5.74, 6) is -0.503. The molecule has 17 heavy (non-hydrogen) atoms. The number of guanidine groups is 1. The van der Waals surface area contributed by atoms with E-state index in [0.29, 0.717) is 12.1 Å². The van der Waals surface area contributed by atoms with Gasteiger partial charge in [0.15, 0.2) is 0 Å². The molecule has 0 saturated carbocycles. The molecule has 1 aromatic carbocycles. The van der Waals surface area contributed by atoms with E-state index in [0.717, 1.165) is 5.69 Å². The zero-order valence-electron chi connectivity index (χ0n) is 9.25. The highest BCUT2D eigenvalue weighted by molar-refractivity contribution is 5.75. The second-order valence-electron chi connectivity index (χ2n) is 3.88. The number of aliphatic hydroxyl groups excluding tert-OH is 1. The van der Waals surface area contributed by atoms with Gasteiger partial charge < -0.3 is 20.8 Å². The number of aromatic hydroxyl groups is 1. The summed E-state index contributed by atoms with van der Waals surface area (Å²) in [4.78, 5) is 1.84. The molecule has 0 unspecified atom stereocenters. The SMILES string of the molecule is CN1C[C@@H](O)c2cc(N=NC(=N)N)c(O)cc21. The van der Waals surface area contributed by atoms with Crippen LogP contribution in [0.15, 0.2) is 22.4 Å². The first-order valence-corrected chi connectivity index (χ1v) is 5.01. The Hall–Kier alpha value is -2.15. The van der Waals surface area contributed by atoms with Crippen LogP contribution in [0.25, 0.3) is 0 Å². The third-order valence-corrected chi connectivity index (χ3v) is 2.61. The molecule has 5 N–H and O–H groups in total. The molecular weight excluding hydrogens is 222 g/mol. The highest BCUT2D eigenvalue weighted by Gasteiger charge is 2.26. The number of β-amino-alcohol motifs (C(OH)–C–C–N with tert-alkyl or cyclic N) is 1. The van der Waals surface area contributed by atoms with E-state index in [1.54, 1.807) is 6.07 Å². The van der Waals surface area contributed by atoms with Crippen molar-refractivity contribution in [3.63, 3.8) is 0 Å². The largest absolute Gasteiger partial charge is 0.506 e. The number of phenols is 1. The van der Waals surface area contributed by atoms with Gasteiger partial charge in [-0.2, -0.15) is 0 Å². The van der Waals surface area contributed by atoms with Gasteiger partial charge in [0.05, 0.1) is 6.10 Å². The van der Waals surface area contributed by atoms with Crippen molar-refractivity contribution in [1.29, 1.82) is 5.41 Å². The van der Waals surface area contributed by atoms with Gasteiger partial charge in [-0.1, -0.05) is 0 Å². The van der Waals surface area contributed by atoms with Crippen molar-refractivity contribution in [2.75, 3.05) is 18.5 Å². The van der Waals surface area contributed by atoms with E-state index < -0.39 is 12.1 Å². The minimum absolute atomic E-state index is 0.0605. The molecule has 0 amide bonds. The number of likely N-dealkylation sites (N-methyl/N-ethyl adjacent to an activating group) is 1. The summed E-state index contributed by atoms with van der Waals surface area (Å²) < 4.78 is 0. The highest BCUT2D eigenvalue weighted by atomic mass is 16.3. The molecule has 0 aromatic heterocycles. The molecule has 90 valence electrons. The van der Waals surface area contributed by atoms with Gasteiger partial charge in [-0.05, 0) is 6.07 Å².